The van der Waals surface area contributed by atoms with Gasteiger partial charge in [-0.15, -0.1) is 0 Å². The summed E-state index contributed by atoms with van der Waals surface area (Å²) in [7, 11) is 2.14. The summed E-state index contributed by atoms with van der Waals surface area (Å²) in [6, 6.07) is 4.71. The number of amides is 1. The van der Waals surface area contributed by atoms with Crippen LogP contribution in [0.15, 0.2) is 12.1 Å². The number of rotatable bonds is 2. The van der Waals surface area contributed by atoms with Crippen molar-refractivity contribution >= 4 is 11.6 Å². The summed E-state index contributed by atoms with van der Waals surface area (Å²) < 4.78 is 0. The van der Waals surface area contributed by atoms with E-state index in [-0.39, 0.29) is 5.91 Å². The zero-order valence-electron chi connectivity index (χ0n) is 11.6. The molecule has 1 amide bonds. The Bertz CT molecular complexity index is 526. The molecule has 2 unspecified atom stereocenters. The fourth-order valence-corrected chi connectivity index (χ4v) is 3.44. The maximum absolute atomic E-state index is 11.6. The number of nitrogens with two attached hydrogens (primary N) is 1. The largest absolute Gasteiger partial charge is 0.330 e. The van der Waals surface area contributed by atoms with Crippen LogP contribution in [0.1, 0.15) is 29.2 Å². The summed E-state index contributed by atoms with van der Waals surface area (Å²) in [4.78, 5) is 14.0. The van der Waals surface area contributed by atoms with E-state index in [2.05, 4.69) is 36.3 Å². The summed E-state index contributed by atoms with van der Waals surface area (Å²) in [6.45, 7) is 3.88. The minimum atomic E-state index is 0.109. The van der Waals surface area contributed by atoms with Gasteiger partial charge >= 0.3 is 0 Å². The van der Waals surface area contributed by atoms with Gasteiger partial charge in [0.1, 0.15) is 0 Å². The summed E-state index contributed by atoms with van der Waals surface area (Å²) >= 11 is 0. The van der Waals surface area contributed by atoms with Gasteiger partial charge in [-0.3, -0.25) is 9.69 Å². The van der Waals surface area contributed by atoms with Crippen LogP contribution in [0.2, 0.25) is 0 Å². The van der Waals surface area contributed by atoms with E-state index in [1.54, 1.807) is 0 Å². The van der Waals surface area contributed by atoms with Gasteiger partial charge in [0.15, 0.2) is 0 Å². The van der Waals surface area contributed by atoms with Crippen molar-refractivity contribution in [2.75, 3.05) is 25.5 Å². The molecule has 3 N–H and O–H groups in total. The lowest BCUT2D eigenvalue weighted by atomic mass is 9.94. The summed E-state index contributed by atoms with van der Waals surface area (Å²) in [6.07, 6.45) is 1.60. The molecule has 4 heteroatoms. The van der Waals surface area contributed by atoms with E-state index in [1.165, 1.54) is 11.1 Å². The highest BCUT2D eigenvalue weighted by atomic mass is 16.1. The van der Waals surface area contributed by atoms with Gasteiger partial charge in [-0.05, 0) is 44.0 Å². The molecule has 2 heterocycles. The molecule has 102 valence electrons. The molecule has 1 fully saturated rings. The van der Waals surface area contributed by atoms with Gasteiger partial charge in [0.05, 0.1) is 6.42 Å². The molecular formula is C15H21N3O. The highest BCUT2D eigenvalue weighted by molar-refractivity contribution is 6.00. The molecule has 0 aromatic heterocycles. The van der Waals surface area contributed by atoms with Crippen LogP contribution < -0.4 is 11.1 Å². The number of likely N-dealkylation sites (tertiary alicyclic amines) is 1. The first kappa shape index (κ1) is 12.6. The number of fused-ring (bicyclic) bond motifs is 1. The molecule has 0 bridgehead atoms. The Morgan fingerprint density at radius 2 is 2.26 bits per heavy atom. The lowest BCUT2D eigenvalue weighted by Crippen LogP contribution is -2.21. The van der Waals surface area contributed by atoms with Crippen molar-refractivity contribution in [3.05, 3.63) is 28.8 Å². The van der Waals surface area contributed by atoms with E-state index in [0.29, 0.717) is 18.4 Å². The second-order valence-electron chi connectivity index (χ2n) is 5.91. The monoisotopic (exact) mass is 259 g/mol. The van der Waals surface area contributed by atoms with Crippen LogP contribution in [0, 0.1) is 12.8 Å². The Morgan fingerprint density at radius 3 is 2.95 bits per heavy atom. The van der Waals surface area contributed by atoms with Crippen molar-refractivity contribution in [2.45, 2.75) is 25.8 Å². The molecule has 0 saturated carbocycles. The van der Waals surface area contributed by atoms with E-state index in [9.17, 15) is 4.79 Å². The van der Waals surface area contributed by atoms with Crippen LogP contribution in [-0.2, 0) is 11.2 Å². The minimum absolute atomic E-state index is 0.109. The van der Waals surface area contributed by atoms with E-state index >= 15 is 0 Å². The highest BCUT2D eigenvalue weighted by Gasteiger charge is 2.33. The van der Waals surface area contributed by atoms with Crippen LogP contribution in [0.3, 0.4) is 0 Å². The molecule has 0 aliphatic carbocycles. The van der Waals surface area contributed by atoms with Crippen molar-refractivity contribution in [3.63, 3.8) is 0 Å². The molecular weight excluding hydrogens is 238 g/mol. The topological polar surface area (TPSA) is 58.4 Å². The van der Waals surface area contributed by atoms with Gasteiger partial charge in [0.2, 0.25) is 5.91 Å². The third-order valence-corrected chi connectivity index (χ3v) is 4.34. The number of carbonyl (C=O) groups is 1. The molecule has 1 aromatic rings. The van der Waals surface area contributed by atoms with Crippen molar-refractivity contribution in [1.82, 2.24) is 4.90 Å². The molecule has 1 aromatic carbocycles. The zero-order valence-corrected chi connectivity index (χ0v) is 11.6. The number of aryl methyl sites for hydroxylation is 1. The van der Waals surface area contributed by atoms with Gasteiger partial charge in [-0.1, -0.05) is 17.7 Å². The fraction of sp³-hybridized carbons (Fsp3) is 0.533. The zero-order chi connectivity index (χ0) is 13.6. The number of nitrogens with one attached hydrogen (secondary N) is 1. The third-order valence-electron chi connectivity index (χ3n) is 4.34. The maximum Gasteiger partial charge on any atom is 0.228 e. The number of nitrogens with zero attached hydrogens (tertiary/aromatic N) is 1. The first-order chi connectivity index (χ1) is 9.08. The third kappa shape index (κ3) is 2.15. The Hall–Kier alpha value is -1.39. The predicted molar refractivity (Wildman–Crippen MR) is 76.0 cm³/mol. The average molecular weight is 259 g/mol. The number of hydrogen-bond acceptors (Lipinski definition) is 3. The number of hydrogen-bond donors (Lipinski definition) is 2. The van der Waals surface area contributed by atoms with Gasteiger partial charge in [-0.2, -0.15) is 0 Å². The molecule has 2 aliphatic rings. The SMILES string of the molecule is Cc1cc2c(c(C3CC(CN)CN3C)c1)NC(=O)C2. The lowest BCUT2D eigenvalue weighted by molar-refractivity contribution is -0.115. The molecule has 19 heavy (non-hydrogen) atoms. The van der Waals surface area contributed by atoms with Crippen molar-refractivity contribution < 1.29 is 4.79 Å². The lowest BCUT2D eigenvalue weighted by Gasteiger charge is -2.22. The molecule has 3 rings (SSSR count). The van der Waals surface area contributed by atoms with Crippen LogP contribution in [0.25, 0.3) is 0 Å². The van der Waals surface area contributed by atoms with Crippen molar-refractivity contribution in [3.8, 4) is 0 Å². The van der Waals surface area contributed by atoms with Gasteiger partial charge in [0.25, 0.3) is 0 Å². The molecule has 2 atom stereocenters. The number of carbonyl (C=O) groups excluding carboxylic acids is 1. The van der Waals surface area contributed by atoms with Crippen molar-refractivity contribution in [1.29, 1.82) is 0 Å². The van der Waals surface area contributed by atoms with Crippen LogP contribution >= 0.6 is 0 Å². The van der Waals surface area contributed by atoms with Crippen LogP contribution in [-0.4, -0.2) is 30.9 Å². The fourth-order valence-electron chi connectivity index (χ4n) is 3.44. The Morgan fingerprint density at radius 1 is 1.47 bits per heavy atom. The number of anilines is 1. The quantitative estimate of drug-likeness (QED) is 0.845. The highest BCUT2D eigenvalue weighted by Crippen LogP contribution is 2.40. The van der Waals surface area contributed by atoms with Gasteiger partial charge in [0, 0.05) is 18.3 Å². The van der Waals surface area contributed by atoms with Crippen molar-refractivity contribution in [2.24, 2.45) is 11.7 Å². The average Bonchev–Trinajstić information content (AvgIpc) is 2.90. The minimum Gasteiger partial charge on any atom is -0.330 e. The predicted octanol–water partition coefficient (Wildman–Crippen LogP) is 1.44. The Kier molecular flexibility index (Phi) is 3.07. The molecule has 4 nitrogen and oxygen atoms in total. The van der Waals surface area contributed by atoms with E-state index < -0.39 is 0 Å². The normalized spacial score (nSPS) is 26.6. The Labute approximate surface area is 114 Å². The van der Waals surface area contributed by atoms with Gasteiger partial charge in [-0.25, -0.2) is 0 Å². The summed E-state index contributed by atoms with van der Waals surface area (Å²) in [5.74, 6) is 0.668. The van der Waals surface area contributed by atoms with Crippen LogP contribution in [0.4, 0.5) is 5.69 Å². The maximum atomic E-state index is 11.6. The molecule has 0 spiro atoms. The first-order valence-electron chi connectivity index (χ1n) is 6.92. The molecule has 2 aliphatic heterocycles. The summed E-state index contributed by atoms with van der Waals surface area (Å²) in [5.41, 5.74) is 10.5. The second-order valence-corrected chi connectivity index (χ2v) is 5.91. The number of benzene rings is 1. The summed E-state index contributed by atoms with van der Waals surface area (Å²) in [5, 5.41) is 3.03. The molecule has 1 saturated heterocycles. The standard InChI is InChI=1S/C15H21N3O/c1-9-3-11-6-14(19)17-15(11)12(4-9)13-5-10(7-16)8-18(13)2/h3-4,10,13H,5-8,16H2,1-2H3,(H,17,19). The smallest absolute Gasteiger partial charge is 0.228 e. The van der Waals surface area contributed by atoms with Gasteiger partial charge < -0.3 is 11.1 Å². The molecule has 0 radical (unpaired) electrons. The van der Waals surface area contributed by atoms with Crippen LogP contribution in [0.5, 0.6) is 0 Å². The van der Waals surface area contributed by atoms with E-state index in [4.69, 9.17) is 5.73 Å². The van der Waals surface area contributed by atoms with E-state index in [1.807, 2.05) is 0 Å². The Balaban J connectivity index is 2.00. The first-order valence-corrected chi connectivity index (χ1v) is 6.92. The van der Waals surface area contributed by atoms with E-state index in [0.717, 1.165) is 30.8 Å². The second kappa shape index (κ2) is 4.62.